The number of nitrogens with zero attached hydrogens (tertiary/aromatic N) is 4. The Morgan fingerprint density at radius 3 is 2.67 bits per heavy atom. The van der Waals surface area contributed by atoms with Gasteiger partial charge in [0.2, 0.25) is 0 Å². The minimum atomic E-state index is -0.0203. The molecule has 1 aliphatic heterocycles. The SMILES string of the molecule is Cc1cnc2n1C=C(CCCC(=O)C1CCCC(C(=O)c3ccn(C)n3)CC1)CCCC2=O. The van der Waals surface area contributed by atoms with E-state index in [1.54, 1.807) is 23.1 Å². The van der Waals surface area contributed by atoms with E-state index in [1.165, 1.54) is 5.57 Å². The van der Waals surface area contributed by atoms with Crippen LogP contribution in [0.4, 0.5) is 0 Å². The van der Waals surface area contributed by atoms with Crippen molar-refractivity contribution in [3.8, 4) is 0 Å². The van der Waals surface area contributed by atoms with Gasteiger partial charge in [0.25, 0.3) is 0 Å². The van der Waals surface area contributed by atoms with Crippen LogP contribution in [0, 0.1) is 18.8 Å². The molecule has 0 N–H and O–H groups in total. The van der Waals surface area contributed by atoms with E-state index < -0.39 is 0 Å². The third-order valence-electron chi connectivity index (χ3n) is 7.13. The first kappa shape index (κ1) is 23.3. The molecule has 2 aromatic rings. The van der Waals surface area contributed by atoms with E-state index >= 15 is 0 Å². The fourth-order valence-corrected chi connectivity index (χ4v) is 5.18. The van der Waals surface area contributed by atoms with Gasteiger partial charge in [-0.1, -0.05) is 12.0 Å². The summed E-state index contributed by atoms with van der Waals surface area (Å²) in [5.74, 6) is 1.12. The van der Waals surface area contributed by atoms with Crippen LogP contribution in [0.3, 0.4) is 0 Å². The molecule has 7 nitrogen and oxygen atoms in total. The second-order valence-corrected chi connectivity index (χ2v) is 9.62. The van der Waals surface area contributed by atoms with Gasteiger partial charge < -0.3 is 4.57 Å². The molecule has 0 amide bonds. The maximum absolute atomic E-state index is 12.9. The quantitative estimate of drug-likeness (QED) is 0.440. The molecular formula is C26H34N4O3. The molecule has 1 saturated carbocycles. The van der Waals surface area contributed by atoms with Crippen LogP contribution in [0.25, 0.3) is 6.20 Å². The van der Waals surface area contributed by atoms with Crippen molar-refractivity contribution in [2.24, 2.45) is 18.9 Å². The van der Waals surface area contributed by atoms with Crippen LogP contribution in [0.15, 0.2) is 24.0 Å². The number of carbonyl (C=O) groups is 3. The van der Waals surface area contributed by atoms with Gasteiger partial charge in [-0.25, -0.2) is 4.98 Å². The average molecular weight is 451 g/mol. The summed E-state index contributed by atoms with van der Waals surface area (Å²) in [5, 5.41) is 4.26. The maximum atomic E-state index is 12.9. The summed E-state index contributed by atoms with van der Waals surface area (Å²) in [6.45, 7) is 1.96. The van der Waals surface area contributed by atoms with Crippen molar-refractivity contribution in [1.82, 2.24) is 19.3 Å². The Kier molecular flexibility index (Phi) is 7.36. The number of allylic oxidation sites excluding steroid dienone is 1. The molecule has 2 unspecified atom stereocenters. The number of hydrogen-bond acceptors (Lipinski definition) is 5. The van der Waals surface area contributed by atoms with Crippen LogP contribution < -0.4 is 0 Å². The first-order chi connectivity index (χ1) is 15.9. The Morgan fingerprint density at radius 1 is 1.09 bits per heavy atom. The van der Waals surface area contributed by atoms with Gasteiger partial charge in [0.05, 0.1) is 0 Å². The van der Waals surface area contributed by atoms with Gasteiger partial charge in [0.15, 0.2) is 17.4 Å². The van der Waals surface area contributed by atoms with Gasteiger partial charge in [-0.2, -0.15) is 5.10 Å². The fraction of sp³-hybridized carbons (Fsp3) is 0.577. The largest absolute Gasteiger partial charge is 0.301 e. The zero-order valence-corrected chi connectivity index (χ0v) is 19.8. The van der Waals surface area contributed by atoms with E-state index in [0.29, 0.717) is 30.1 Å². The van der Waals surface area contributed by atoms with E-state index in [1.807, 2.05) is 18.5 Å². The molecule has 0 radical (unpaired) electrons. The van der Waals surface area contributed by atoms with E-state index in [4.69, 9.17) is 0 Å². The van der Waals surface area contributed by atoms with Gasteiger partial charge in [0.1, 0.15) is 11.5 Å². The standard InChI is InChI=1S/C26H34N4O3/c1-18-16-27-26-24(32)11-4-7-19(17-30(18)26)6-3-10-23(31)20-8-5-9-21(13-12-20)25(33)22-14-15-29(2)28-22/h14-17,20-21H,3-13H2,1-2H3. The zero-order valence-electron chi connectivity index (χ0n) is 19.8. The molecule has 0 saturated heterocycles. The van der Waals surface area contributed by atoms with E-state index in [2.05, 4.69) is 16.3 Å². The lowest BCUT2D eigenvalue weighted by Gasteiger charge is -2.15. The van der Waals surface area contributed by atoms with Crippen molar-refractivity contribution in [3.63, 3.8) is 0 Å². The lowest BCUT2D eigenvalue weighted by Crippen LogP contribution is -2.17. The highest BCUT2D eigenvalue weighted by atomic mass is 16.1. The molecule has 7 heteroatoms. The van der Waals surface area contributed by atoms with Crippen molar-refractivity contribution < 1.29 is 14.4 Å². The van der Waals surface area contributed by atoms with Crippen LogP contribution in [0.2, 0.25) is 0 Å². The molecule has 4 rings (SSSR count). The van der Waals surface area contributed by atoms with E-state index in [-0.39, 0.29) is 23.4 Å². The van der Waals surface area contributed by atoms with Crippen LogP contribution in [-0.4, -0.2) is 36.7 Å². The van der Waals surface area contributed by atoms with Crippen molar-refractivity contribution in [2.45, 2.75) is 77.6 Å². The maximum Gasteiger partial charge on any atom is 0.198 e. The van der Waals surface area contributed by atoms with Crippen molar-refractivity contribution >= 4 is 23.5 Å². The summed E-state index contributed by atoms with van der Waals surface area (Å²) in [5.41, 5.74) is 2.78. The summed E-state index contributed by atoms with van der Waals surface area (Å²) in [4.78, 5) is 42.2. The van der Waals surface area contributed by atoms with Crippen molar-refractivity contribution in [2.75, 3.05) is 0 Å². The number of aromatic nitrogens is 4. The number of ketones is 3. The molecule has 176 valence electrons. The Hall–Kier alpha value is -2.83. The van der Waals surface area contributed by atoms with Crippen LogP contribution in [0.1, 0.15) is 97.4 Å². The second-order valence-electron chi connectivity index (χ2n) is 9.62. The van der Waals surface area contributed by atoms with Crippen molar-refractivity contribution in [3.05, 3.63) is 41.2 Å². The van der Waals surface area contributed by atoms with Crippen LogP contribution in [0.5, 0.6) is 0 Å². The third kappa shape index (κ3) is 5.57. The molecule has 0 bridgehead atoms. The highest BCUT2D eigenvalue weighted by molar-refractivity contribution is 5.96. The predicted octanol–water partition coefficient (Wildman–Crippen LogP) is 4.95. The lowest BCUT2D eigenvalue weighted by atomic mass is 9.90. The lowest BCUT2D eigenvalue weighted by molar-refractivity contribution is -0.123. The monoisotopic (exact) mass is 450 g/mol. The number of aryl methyl sites for hydroxylation is 2. The minimum absolute atomic E-state index is 0.0203. The highest BCUT2D eigenvalue weighted by Gasteiger charge is 2.28. The topological polar surface area (TPSA) is 86.8 Å². The number of hydrogen-bond donors (Lipinski definition) is 0. The number of rotatable bonds is 7. The molecule has 3 heterocycles. The van der Waals surface area contributed by atoms with E-state index in [0.717, 1.165) is 63.5 Å². The third-order valence-corrected chi connectivity index (χ3v) is 7.13. The van der Waals surface area contributed by atoms with Crippen LogP contribution in [-0.2, 0) is 11.8 Å². The first-order valence-corrected chi connectivity index (χ1v) is 12.3. The predicted molar refractivity (Wildman–Crippen MR) is 126 cm³/mol. The van der Waals surface area contributed by atoms with Crippen molar-refractivity contribution in [1.29, 1.82) is 0 Å². The molecule has 1 fully saturated rings. The number of imidazole rings is 1. The Bertz CT molecular complexity index is 1060. The van der Waals surface area contributed by atoms with Gasteiger partial charge in [0, 0.05) is 56.0 Å². The number of carbonyl (C=O) groups excluding carboxylic acids is 3. The van der Waals surface area contributed by atoms with Gasteiger partial charge in [-0.15, -0.1) is 0 Å². The molecule has 33 heavy (non-hydrogen) atoms. The smallest absolute Gasteiger partial charge is 0.198 e. The highest BCUT2D eigenvalue weighted by Crippen LogP contribution is 2.31. The average Bonchev–Trinajstić information content (AvgIpc) is 3.27. The molecule has 2 aromatic heterocycles. The zero-order chi connectivity index (χ0) is 23.4. The Balaban J connectivity index is 1.29. The normalized spacial score (nSPS) is 21.5. The summed E-state index contributed by atoms with van der Waals surface area (Å²) in [6, 6.07) is 1.78. The Morgan fingerprint density at radius 2 is 1.88 bits per heavy atom. The van der Waals surface area contributed by atoms with Gasteiger partial charge in [-0.05, 0) is 64.4 Å². The molecule has 2 atom stereocenters. The molecule has 1 aliphatic carbocycles. The number of fused-ring (bicyclic) bond motifs is 1. The van der Waals surface area contributed by atoms with E-state index in [9.17, 15) is 14.4 Å². The summed E-state index contributed by atoms with van der Waals surface area (Å²) < 4.78 is 3.57. The molecule has 2 aliphatic rings. The fourth-order valence-electron chi connectivity index (χ4n) is 5.18. The van der Waals surface area contributed by atoms with Crippen LogP contribution >= 0.6 is 0 Å². The molecule has 0 aromatic carbocycles. The van der Waals surface area contributed by atoms with Gasteiger partial charge >= 0.3 is 0 Å². The molecular weight excluding hydrogens is 416 g/mol. The Labute approximate surface area is 195 Å². The first-order valence-electron chi connectivity index (χ1n) is 12.3. The summed E-state index contributed by atoms with van der Waals surface area (Å²) in [7, 11) is 1.82. The summed E-state index contributed by atoms with van der Waals surface area (Å²) in [6.07, 6.45) is 14.3. The minimum Gasteiger partial charge on any atom is -0.301 e. The number of Topliss-reactive ketones (excluding diaryl/α,β-unsaturated/α-hetero) is 3. The summed E-state index contributed by atoms with van der Waals surface area (Å²) >= 11 is 0. The van der Waals surface area contributed by atoms with Gasteiger partial charge in [-0.3, -0.25) is 19.1 Å². The second kappa shape index (κ2) is 10.4. The molecule has 0 spiro atoms.